The molecular weight excluding hydrogens is 496 g/mol. The lowest BCUT2D eigenvalue weighted by atomic mass is 10.0. The first-order chi connectivity index (χ1) is 16.3. The van der Waals surface area contributed by atoms with Crippen molar-refractivity contribution in [3.05, 3.63) is 74.8 Å². The van der Waals surface area contributed by atoms with Crippen molar-refractivity contribution < 1.29 is 13.6 Å². The molecule has 5 rings (SSSR count). The molecule has 3 heterocycles. The van der Waals surface area contributed by atoms with Crippen LogP contribution in [0.5, 0.6) is 0 Å². The average molecular weight is 518 g/mol. The summed E-state index contributed by atoms with van der Waals surface area (Å²) in [5, 5.41) is 2.64. The number of hydrogen-bond acceptors (Lipinski definition) is 5. The molecule has 0 saturated carbocycles. The molecule has 34 heavy (non-hydrogen) atoms. The van der Waals surface area contributed by atoms with Gasteiger partial charge in [0.1, 0.15) is 17.3 Å². The SMILES string of the molecule is Cc1nc(C(=O)N2CCN(C)CC2Cc2cc3cc(Cl)cc(Cl)c3o2)c(-c2ccc(F)cc2)s1. The van der Waals surface area contributed by atoms with Crippen LogP contribution in [0.4, 0.5) is 4.39 Å². The molecule has 1 saturated heterocycles. The molecule has 0 spiro atoms. The number of piperazine rings is 1. The van der Waals surface area contributed by atoms with Gasteiger partial charge >= 0.3 is 0 Å². The number of rotatable bonds is 4. The number of halogens is 3. The van der Waals surface area contributed by atoms with Crippen LogP contribution < -0.4 is 0 Å². The molecule has 0 bridgehead atoms. The lowest BCUT2D eigenvalue weighted by Gasteiger charge is -2.39. The van der Waals surface area contributed by atoms with Gasteiger partial charge in [0, 0.05) is 36.5 Å². The van der Waals surface area contributed by atoms with Crippen molar-refractivity contribution in [2.45, 2.75) is 19.4 Å². The molecule has 5 nitrogen and oxygen atoms in total. The molecule has 1 aliphatic heterocycles. The third-order valence-electron chi connectivity index (χ3n) is 6.01. The minimum Gasteiger partial charge on any atom is -0.459 e. The van der Waals surface area contributed by atoms with Crippen LogP contribution in [0.3, 0.4) is 0 Å². The predicted molar refractivity (Wildman–Crippen MR) is 135 cm³/mol. The second-order valence-corrected chi connectivity index (χ2v) is 10.6. The van der Waals surface area contributed by atoms with Gasteiger partial charge in [-0.25, -0.2) is 9.37 Å². The summed E-state index contributed by atoms with van der Waals surface area (Å²) in [4.78, 5) is 23.2. The summed E-state index contributed by atoms with van der Waals surface area (Å²) < 4.78 is 19.5. The van der Waals surface area contributed by atoms with Crippen molar-refractivity contribution in [3.63, 3.8) is 0 Å². The Morgan fingerprint density at radius 1 is 1.21 bits per heavy atom. The fraction of sp³-hybridized carbons (Fsp3) is 0.280. The zero-order chi connectivity index (χ0) is 24.0. The number of aryl methyl sites for hydroxylation is 1. The molecule has 0 radical (unpaired) electrons. The maximum Gasteiger partial charge on any atom is 0.274 e. The van der Waals surface area contributed by atoms with E-state index in [4.69, 9.17) is 27.6 Å². The Bertz CT molecular complexity index is 1370. The molecule has 1 unspecified atom stereocenters. The van der Waals surface area contributed by atoms with Crippen LogP contribution in [0.15, 0.2) is 46.9 Å². The Morgan fingerprint density at radius 3 is 2.74 bits per heavy atom. The van der Waals surface area contributed by atoms with Gasteiger partial charge in [-0.05, 0) is 49.9 Å². The molecule has 1 fully saturated rings. The molecule has 2 aromatic heterocycles. The summed E-state index contributed by atoms with van der Waals surface area (Å²) in [6.07, 6.45) is 0.535. The number of amides is 1. The summed E-state index contributed by atoms with van der Waals surface area (Å²) in [7, 11) is 2.04. The number of furan rings is 1. The summed E-state index contributed by atoms with van der Waals surface area (Å²) >= 11 is 13.9. The van der Waals surface area contributed by atoms with E-state index < -0.39 is 0 Å². The zero-order valence-electron chi connectivity index (χ0n) is 18.6. The van der Waals surface area contributed by atoms with Gasteiger partial charge in [0.05, 0.1) is 20.9 Å². The van der Waals surface area contributed by atoms with Gasteiger partial charge in [0.25, 0.3) is 5.91 Å². The van der Waals surface area contributed by atoms with Crippen LogP contribution in [0.2, 0.25) is 10.0 Å². The number of carbonyl (C=O) groups excluding carboxylic acids is 1. The third-order valence-corrected chi connectivity index (χ3v) is 7.53. The normalized spacial score (nSPS) is 17.0. The molecule has 4 aromatic rings. The lowest BCUT2D eigenvalue weighted by molar-refractivity contribution is 0.0489. The molecule has 9 heteroatoms. The van der Waals surface area contributed by atoms with Crippen molar-refractivity contribution in [1.29, 1.82) is 0 Å². The van der Waals surface area contributed by atoms with Gasteiger partial charge < -0.3 is 14.2 Å². The summed E-state index contributed by atoms with van der Waals surface area (Å²) in [6, 6.07) is 11.5. The monoisotopic (exact) mass is 517 g/mol. The van der Waals surface area contributed by atoms with E-state index in [-0.39, 0.29) is 17.8 Å². The molecule has 0 N–H and O–H groups in total. The van der Waals surface area contributed by atoms with Crippen LogP contribution in [-0.4, -0.2) is 53.4 Å². The predicted octanol–water partition coefficient (Wildman–Crippen LogP) is 6.31. The zero-order valence-corrected chi connectivity index (χ0v) is 21.0. The minimum absolute atomic E-state index is 0.107. The van der Waals surface area contributed by atoms with E-state index in [1.54, 1.807) is 18.2 Å². The van der Waals surface area contributed by atoms with Crippen molar-refractivity contribution in [3.8, 4) is 10.4 Å². The second-order valence-electron chi connectivity index (χ2n) is 8.55. The first kappa shape index (κ1) is 23.3. The first-order valence-electron chi connectivity index (χ1n) is 10.9. The first-order valence-corrected chi connectivity index (χ1v) is 12.5. The number of hydrogen-bond donors (Lipinski definition) is 0. The van der Waals surface area contributed by atoms with E-state index in [2.05, 4.69) is 9.88 Å². The highest BCUT2D eigenvalue weighted by atomic mass is 35.5. The molecule has 176 valence electrons. The van der Waals surface area contributed by atoms with Crippen LogP contribution in [-0.2, 0) is 6.42 Å². The van der Waals surface area contributed by atoms with E-state index >= 15 is 0 Å². The maximum atomic E-state index is 13.8. The molecule has 1 amide bonds. The van der Waals surface area contributed by atoms with E-state index in [0.29, 0.717) is 40.8 Å². The molecule has 2 aromatic carbocycles. The Hall–Kier alpha value is -2.45. The van der Waals surface area contributed by atoms with Crippen molar-refractivity contribution in [1.82, 2.24) is 14.8 Å². The Labute approximate surface area is 210 Å². The van der Waals surface area contributed by atoms with Gasteiger partial charge in [-0.1, -0.05) is 35.3 Å². The Morgan fingerprint density at radius 2 is 1.97 bits per heavy atom. The number of nitrogens with zero attached hydrogens (tertiary/aromatic N) is 3. The summed E-state index contributed by atoms with van der Waals surface area (Å²) in [5.74, 6) is 0.300. The van der Waals surface area contributed by atoms with Gasteiger partial charge in [-0.3, -0.25) is 4.79 Å². The van der Waals surface area contributed by atoms with E-state index in [0.717, 1.165) is 33.1 Å². The standard InChI is InChI=1S/C25H22Cl2FN3O2S/c1-14-29-22(24(34-14)15-3-5-18(28)6-4-15)25(32)31-8-7-30(2)13-19(31)12-20-10-16-9-17(26)11-21(27)23(16)33-20/h3-6,9-11,19H,7-8,12-13H2,1-2H3. The van der Waals surface area contributed by atoms with Crippen LogP contribution in [0.1, 0.15) is 21.3 Å². The Balaban J connectivity index is 1.46. The number of thiazole rings is 1. The van der Waals surface area contributed by atoms with Gasteiger partial charge in [-0.2, -0.15) is 0 Å². The minimum atomic E-state index is -0.316. The van der Waals surface area contributed by atoms with E-state index in [1.165, 1.54) is 23.5 Å². The quantitative estimate of drug-likeness (QED) is 0.318. The van der Waals surface area contributed by atoms with Crippen molar-refractivity contribution in [2.75, 3.05) is 26.7 Å². The second kappa shape index (κ2) is 9.30. The van der Waals surface area contributed by atoms with Crippen LogP contribution >= 0.6 is 34.5 Å². The highest BCUT2D eigenvalue weighted by Gasteiger charge is 2.33. The number of carbonyl (C=O) groups is 1. The van der Waals surface area contributed by atoms with E-state index in [9.17, 15) is 9.18 Å². The number of likely N-dealkylation sites (N-methyl/N-ethyl adjacent to an activating group) is 1. The lowest BCUT2D eigenvalue weighted by Crippen LogP contribution is -2.55. The van der Waals surface area contributed by atoms with Gasteiger partial charge in [0.15, 0.2) is 5.58 Å². The van der Waals surface area contributed by atoms with Crippen LogP contribution in [0.25, 0.3) is 21.4 Å². The summed E-state index contributed by atoms with van der Waals surface area (Å²) in [5.41, 5.74) is 1.78. The smallest absolute Gasteiger partial charge is 0.274 e. The van der Waals surface area contributed by atoms with Crippen molar-refractivity contribution in [2.24, 2.45) is 0 Å². The van der Waals surface area contributed by atoms with Gasteiger partial charge in [-0.15, -0.1) is 11.3 Å². The van der Waals surface area contributed by atoms with E-state index in [1.807, 2.05) is 31.0 Å². The topological polar surface area (TPSA) is 49.6 Å². The highest BCUT2D eigenvalue weighted by Crippen LogP contribution is 2.34. The Kier molecular flexibility index (Phi) is 6.37. The van der Waals surface area contributed by atoms with Gasteiger partial charge in [0.2, 0.25) is 0 Å². The molecule has 1 aliphatic rings. The third kappa shape index (κ3) is 4.58. The molecular formula is C25H22Cl2FN3O2S. The van der Waals surface area contributed by atoms with Crippen LogP contribution in [0, 0.1) is 12.7 Å². The highest BCUT2D eigenvalue weighted by molar-refractivity contribution is 7.15. The molecule has 1 atom stereocenters. The fourth-order valence-electron chi connectivity index (χ4n) is 4.42. The number of benzene rings is 2. The maximum absolute atomic E-state index is 13.8. The largest absolute Gasteiger partial charge is 0.459 e. The number of fused-ring (bicyclic) bond motifs is 1. The summed E-state index contributed by atoms with van der Waals surface area (Å²) in [6.45, 7) is 3.91. The average Bonchev–Trinajstić information content (AvgIpc) is 3.37. The fourth-order valence-corrected chi connectivity index (χ4v) is 5.88. The van der Waals surface area contributed by atoms with Crippen molar-refractivity contribution >= 4 is 51.4 Å². The molecule has 0 aliphatic carbocycles. The number of aromatic nitrogens is 1.